The van der Waals surface area contributed by atoms with Gasteiger partial charge >= 0.3 is 0 Å². The molecule has 2 aliphatic rings. The van der Waals surface area contributed by atoms with E-state index in [-0.39, 0.29) is 0 Å². The van der Waals surface area contributed by atoms with E-state index in [2.05, 4.69) is 24.1 Å². The summed E-state index contributed by atoms with van der Waals surface area (Å²) in [5.74, 6) is 0. The number of likely N-dealkylation sites (tertiary alicyclic amines) is 1. The zero-order chi connectivity index (χ0) is 9.26. The minimum absolute atomic E-state index is 0.705. The Bertz CT molecular complexity index is 165. The first-order valence-corrected chi connectivity index (χ1v) is 5.83. The summed E-state index contributed by atoms with van der Waals surface area (Å²) >= 11 is 0. The number of nitrogens with one attached hydrogen (secondary N) is 1. The fourth-order valence-corrected chi connectivity index (χ4v) is 2.27. The van der Waals surface area contributed by atoms with E-state index in [0.29, 0.717) is 12.2 Å². The zero-order valence-corrected chi connectivity index (χ0v) is 8.92. The molecule has 2 fully saturated rings. The van der Waals surface area contributed by atoms with Gasteiger partial charge in [0.25, 0.3) is 0 Å². The third-order valence-corrected chi connectivity index (χ3v) is 3.28. The molecule has 1 saturated carbocycles. The quantitative estimate of drug-likeness (QED) is 0.699. The molecule has 0 amide bonds. The van der Waals surface area contributed by atoms with E-state index in [1.165, 1.54) is 38.6 Å². The predicted octanol–water partition coefficient (Wildman–Crippen LogP) is 1.96. The van der Waals surface area contributed by atoms with Crippen LogP contribution in [0.25, 0.3) is 0 Å². The smallest absolute Gasteiger partial charge is 0.0613 e. The van der Waals surface area contributed by atoms with Crippen LogP contribution in [0.2, 0.25) is 0 Å². The number of hydrogen-bond acceptors (Lipinski definition) is 2. The minimum atomic E-state index is 0.705. The second kappa shape index (κ2) is 3.97. The Balaban J connectivity index is 1.68. The van der Waals surface area contributed by atoms with Crippen molar-refractivity contribution in [2.45, 2.75) is 64.2 Å². The second-order valence-electron chi connectivity index (χ2n) is 4.63. The van der Waals surface area contributed by atoms with Crippen LogP contribution >= 0.6 is 0 Å². The normalized spacial score (nSPS) is 31.4. The van der Waals surface area contributed by atoms with E-state index in [9.17, 15) is 0 Å². The number of nitrogens with zero attached hydrogens (tertiary/aromatic N) is 1. The fraction of sp³-hybridized carbons (Fsp3) is 1.00. The summed E-state index contributed by atoms with van der Waals surface area (Å²) in [4.78, 5) is 2.64. The third-order valence-electron chi connectivity index (χ3n) is 3.28. The molecule has 0 radical (unpaired) electrons. The van der Waals surface area contributed by atoms with Gasteiger partial charge in [-0.1, -0.05) is 13.3 Å². The van der Waals surface area contributed by atoms with E-state index < -0.39 is 0 Å². The Morgan fingerprint density at radius 3 is 2.62 bits per heavy atom. The first kappa shape index (κ1) is 9.47. The average Bonchev–Trinajstić information content (AvgIpc) is 2.83. The molecule has 0 aromatic rings. The molecule has 1 aliphatic carbocycles. The Labute approximate surface area is 81.7 Å². The Morgan fingerprint density at radius 2 is 2.15 bits per heavy atom. The lowest BCUT2D eigenvalue weighted by Crippen LogP contribution is -2.58. The van der Waals surface area contributed by atoms with Gasteiger partial charge in [0.15, 0.2) is 0 Å². The fourth-order valence-electron chi connectivity index (χ4n) is 2.27. The molecule has 0 spiro atoms. The largest absolute Gasteiger partial charge is 0.299 e. The molecule has 2 heteroatoms. The zero-order valence-electron chi connectivity index (χ0n) is 8.92. The summed E-state index contributed by atoms with van der Waals surface area (Å²) in [6.45, 7) is 5.91. The molecule has 13 heavy (non-hydrogen) atoms. The lowest BCUT2D eigenvalue weighted by molar-refractivity contribution is 0.0469. The third kappa shape index (κ3) is 2.23. The van der Waals surface area contributed by atoms with Gasteiger partial charge < -0.3 is 0 Å². The van der Waals surface area contributed by atoms with Gasteiger partial charge in [-0.2, -0.15) is 0 Å². The van der Waals surface area contributed by atoms with Crippen LogP contribution in [-0.4, -0.2) is 29.7 Å². The predicted molar refractivity (Wildman–Crippen MR) is 55.6 cm³/mol. The molecule has 2 atom stereocenters. The first-order valence-electron chi connectivity index (χ1n) is 5.83. The Kier molecular flexibility index (Phi) is 2.89. The van der Waals surface area contributed by atoms with Crippen molar-refractivity contribution in [2.24, 2.45) is 0 Å². The molecule has 1 heterocycles. The molecule has 76 valence electrons. The maximum absolute atomic E-state index is 3.71. The molecular weight excluding hydrogens is 160 g/mol. The first-order chi connectivity index (χ1) is 6.31. The molecule has 2 nitrogen and oxygen atoms in total. The van der Waals surface area contributed by atoms with Gasteiger partial charge in [0, 0.05) is 18.6 Å². The van der Waals surface area contributed by atoms with Gasteiger partial charge in [-0.05, 0) is 32.6 Å². The van der Waals surface area contributed by atoms with Crippen molar-refractivity contribution in [3.05, 3.63) is 0 Å². The highest BCUT2D eigenvalue weighted by atomic mass is 15.4. The van der Waals surface area contributed by atoms with E-state index in [4.69, 9.17) is 0 Å². The summed E-state index contributed by atoms with van der Waals surface area (Å²) < 4.78 is 0. The van der Waals surface area contributed by atoms with Gasteiger partial charge in [0.05, 0.1) is 6.17 Å². The Morgan fingerprint density at radius 1 is 1.38 bits per heavy atom. The molecule has 1 N–H and O–H groups in total. The maximum Gasteiger partial charge on any atom is 0.0613 e. The van der Waals surface area contributed by atoms with Crippen molar-refractivity contribution in [1.82, 2.24) is 10.2 Å². The molecule has 0 bridgehead atoms. The molecule has 0 aromatic carbocycles. The highest BCUT2D eigenvalue weighted by Gasteiger charge is 2.39. The van der Waals surface area contributed by atoms with Crippen molar-refractivity contribution >= 4 is 0 Å². The van der Waals surface area contributed by atoms with Gasteiger partial charge in [0.1, 0.15) is 0 Å². The lowest BCUT2D eigenvalue weighted by atomic mass is 10.1. The monoisotopic (exact) mass is 182 g/mol. The molecular formula is C11H22N2. The summed E-state index contributed by atoms with van der Waals surface area (Å²) in [6, 6.07) is 1.65. The number of rotatable bonds is 5. The van der Waals surface area contributed by atoms with Crippen LogP contribution in [0.4, 0.5) is 0 Å². The van der Waals surface area contributed by atoms with Crippen molar-refractivity contribution < 1.29 is 0 Å². The van der Waals surface area contributed by atoms with Gasteiger partial charge in [-0.3, -0.25) is 10.2 Å². The van der Waals surface area contributed by atoms with E-state index in [1.807, 2.05) is 0 Å². The van der Waals surface area contributed by atoms with Crippen LogP contribution in [0.3, 0.4) is 0 Å². The van der Waals surface area contributed by atoms with Gasteiger partial charge in [-0.25, -0.2) is 0 Å². The van der Waals surface area contributed by atoms with Crippen LogP contribution in [0.15, 0.2) is 0 Å². The van der Waals surface area contributed by atoms with Gasteiger partial charge in [0.2, 0.25) is 0 Å². The second-order valence-corrected chi connectivity index (χ2v) is 4.63. The molecule has 1 saturated heterocycles. The van der Waals surface area contributed by atoms with E-state index in [0.717, 1.165) is 6.04 Å². The Hall–Kier alpha value is -0.0800. The summed E-state index contributed by atoms with van der Waals surface area (Å²) in [5, 5.41) is 3.71. The minimum Gasteiger partial charge on any atom is -0.299 e. The van der Waals surface area contributed by atoms with Crippen LogP contribution in [0, 0.1) is 0 Å². The summed E-state index contributed by atoms with van der Waals surface area (Å²) in [5.41, 5.74) is 0. The van der Waals surface area contributed by atoms with Crippen LogP contribution < -0.4 is 5.32 Å². The summed E-state index contributed by atoms with van der Waals surface area (Å²) in [7, 11) is 0. The van der Waals surface area contributed by atoms with Crippen LogP contribution in [-0.2, 0) is 0 Å². The molecule has 2 unspecified atom stereocenters. The lowest BCUT2D eigenvalue weighted by Gasteiger charge is -2.43. The maximum atomic E-state index is 3.71. The average molecular weight is 182 g/mol. The topological polar surface area (TPSA) is 15.3 Å². The van der Waals surface area contributed by atoms with E-state index in [1.54, 1.807) is 0 Å². The molecule has 0 aromatic heterocycles. The summed E-state index contributed by atoms with van der Waals surface area (Å²) in [6.07, 6.45) is 7.58. The highest BCUT2D eigenvalue weighted by Crippen LogP contribution is 2.33. The standard InChI is InChI=1S/C11H22N2/c1-3-4-9(2)12-11-7-8-13(11)10-5-6-10/h9-12H,3-8H2,1-2H3. The van der Waals surface area contributed by atoms with Crippen molar-refractivity contribution in [1.29, 1.82) is 0 Å². The highest BCUT2D eigenvalue weighted by molar-refractivity contribution is 4.94. The molecule has 1 aliphatic heterocycles. The molecule has 2 rings (SSSR count). The van der Waals surface area contributed by atoms with E-state index >= 15 is 0 Å². The SMILES string of the molecule is CCCC(C)NC1CCN1C1CC1. The number of hydrogen-bond donors (Lipinski definition) is 1. The van der Waals surface area contributed by atoms with Gasteiger partial charge in [-0.15, -0.1) is 0 Å². The van der Waals surface area contributed by atoms with Crippen LogP contribution in [0.1, 0.15) is 46.0 Å². The van der Waals surface area contributed by atoms with Crippen LogP contribution in [0.5, 0.6) is 0 Å². The van der Waals surface area contributed by atoms with Crippen molar-refractivity contribution in [3.8, 4) is 0 Å². The van der Waals surface area contributed by atoms with Crippen molar-refractivity contribution in [3.63, 3.8) is 0 Å². The van der Waals surface area contributed by atoms with Crippen molar-refractivity contribution in [2.75, 3.05) is 6.54 Å².